The highest BCUT2D eigenvalue weighted by Crippen LogP contribution is 2.27. The fourth-order valence-electron chi connectivity index (χ4n) is 2.68. The Hall–Kier alpha value is -2.07. The van der Waals surface area contributed by atoms with E-state index in [-0.39, 0.29) is 11.9 Å². The van der Waals surface area contributed by atoms with Gasteiger partial charge in [-0.2, -0.15) is 0 Å². The lowest BCUT2D eigenvalue weighted by molar-refractivity contribution is -0.124. The highest BCUT2D eigenvalue weighted by atomic mass is 32.2. The first kappa shape index (κ1) is 15.8. The van der Waals surface area contributed by atoms with Gasteiger partial charge in [-0.1, -0.05) is 72.4 Å². The van der Waals surface area contributed by atoms with E-state index in [1.165, 1.54) is 11.1 Å². The fraction of sp³-hybridized carbons (Fsp3) is 0.263. The maximum Gasteiger partial charge on any atom is 0.225 e. The minimum absolute atomic E-state index is 0.0287. The number of hydrogen-bond acceptors (Lipinski definition) is 3. The molecule has 3 nitrogen and oxygen atoms in total. The number of amides is 1. The first-order valence-electron chi connectivity index (χ1n) is 7.81. The number of thioether (sulfide) groups is 1. The van der Waals surface area contributed by atoms with E-state index in [2.05, 4.69) is 36.4 Å². The minimum atomic E-state index is 0.0287. The molecule has 1 atom stereocenters. The van der Waals surface area contributed by atoms with Crippen molar-refractivity contribution < 1.29 is 4.79 Å². The molecule has 118 valence electrons. The SMILES string of the molecule is CC(=O)N1CCS/C1=N\C(Cc1ccccc1)c1ccccc1. The molecule has 23 heavy (non-hydrogen) atoms. The average Bonchev–Trinajstić information content (AvgIpc) is 3.04. The van der Waals surface area contributed by atoms with Crippen molar-refractivity contribution in [1.82, 2.24) is 4.90 Å². The molecule has 0 aromatic heterocycles. The maximum atomic E-state index is 11.8. The number of nitrogens with zero attached hydrogens (tertiary/aromatic N) is 2. The molecule has 0 saturated carbocycles. The maximum absolute atomic E-state index is 11.8. The molecule has 2 aromatic carbocycles. The molecule has 0 N–H and O–H groups in total. The van der Waals surface area contributed by atoms with E-state index in [4.69, 9.17) is 4.99 Å². The minimum Gasteiger partial charge on any atom is -0.291 e. The molecule has 1 unspecified atom stereocenters. The number of rotatable bonds is 4. The molecule has 1 saturated heterocycles. The molecular weight excluding hydrogens is 304 g/mol. The molecule has 0 aliphatic carbocycles. The van der Waals surface area contributed by atoms with Crippen LogP contribution in [0.4, 0.5) is 0 Å². The number of hydrogen-bond donors (Lipinski definition) is 0. The quantitative estimate of drug-likeness (QED) is 0.854. The van der Waals surface area contributed by atoms with E-state index in [1.54, 1.807) is 23.6 Å². The molecule has 0 spiro atoms. The lowest BCUT2D eigenvalue weighted by atomic mass is 9.99. The number of carbonyl (C=O) groups excluding carboxylic acids is 1. The molecule has 1 fully saturated rings. The van der Waals surface area contributed by atoms with E-state index in [0.29, 0.717) is 0 Å². The molecule has 2 aromatic rings. The molecule has 1 amide bonds. The normalized spacial score (nSPS) is 17.4. The van der Waals surface area contributed by atoms with Crippen molar-refractivity contribution in [2.75, 3.05) is 12.3 Å². The third kappa shape index (κ3) is 4.02. The zero-order chi connectivity index (χ0) is 16.1. The fourth-order valence-corrected chi connectivity index (χ4v) is 3.72. The van der Waals surface area contributed by atoms with Crippen LogP contribution in [-0.2, 0) is 11.2 Å². The summed E-state index contributed by atoms with van der Waals surface area (Å²) in [7, 11) is 0. The second-order valence-electron chi connectivity index (χ2n) is 5.55. The second-order valence-corrected chi connectivity index (χ2v) is 6.61. The van der Waals surface area contributed by atoms with Gasteiger partial charge in [-0.05, 0) is 17.5 Å². The summed E-state index contributed by atoms with van der Waals surface area (Å²) in [5, 5.41) is 0.849. The highest BCUT2D eigenvalue weighted by Gasteiger charge is 2.24. The standard InChI is InChI=1S/C19H20N2OS/c1-15(22)21-12-13-23-19(21)20-18(17-10-6-3-7-11-17)14-16-8-4-2-5-9-16/h2-11,18H,12-14H2,1H3/b20-19-. The van der Waals surface area contributed by atoms with Crippen molar-refractivity contribution in [2.24, 2.45) is 4.99 Å². The van der Waals surface area contributed by atoms with Crippen LogP contribution in [-0.4, -0.2) is 28.3 Å². The second kappa shape index (κ2) is 7.47. The van der Waals surface area contributed by atoms with Crippen LogP contribution in [0.3, 0.4) is 0 Å². The summed E-state index contributed by atoms with van der Waals surface area (Å²) in [6, 6.07) is 20.7. The van der Waals surface area contributed by atoms with Crippen molar-refractivity contribution in [3.05, 3.63) is 71.8 Å². The van der Waals surface area contributed by atoms with Gasteiger partial charge in [0.25, 0.3) is 0 Å². The van der Waals surface area contributed by atoms with Crippen LogP contribution < -0.4 is 0 Å². The zero-order valence-electron chi connectivity index (χ0n) is 13.2. The van der Waals surface area contributed by atoms with Crippen molar-refractivity contribution in [1.29, 1.82) is 0 Å². The largest absolute Gasteiger partial charge is 0.291 e. The predicted molar refractivity (Wildman–Crippen MR) is 96.6 cm³/mol. The summed E-state index contributed by atoms with van der Waals surface area (Å²) in [6.07, 6.45) is 0.834. The van der Waals surface area contributed by atoms with Crippen LogP contribution in [0.15, 0.2) is 65.7 Å². The average molecular weight is 324 g/mol. The Morgan fingerprint density at radius 2 is 1.78 bits per heavy atom. The van der Waals surface area contributed by atoms with Crippen LogP contribution in [0, 0.1) is 0 Å². The molecule has 1 heterocycles. The van der Waals surface area contributed by atoms with Crippen molar-refractivity contribution in [3.63, 3.8) is 0 Å². The van der Waals surface area contributed by atoms with Crippen molar-refractivity contribution in [3.8, 4) is 0 Å². The Bertz CT molecular complexity index is 685. The van der Waals surface area contributed by atoms with Crippen LogP contribution in [0.1, 0.15) is 24.1 Å². The van der Waals surface area contributed by atoms with Crippen molar-refractivity contribution in [2.45, 2.75) is 19.4 Å². The first-order valence-corrected chi connectivity index (χ1v) is 8.80. The number of aliphatic imine (C=N–C) groups is 1. The molecule has 4 heteroatoms. The predicted octanol–water partition coefficient (Wildman–Crippen LogP) is 3.92. The first-order chi connectivity index (χ1) is 11.2. The van der Waals surface area contributed by atoms with Gasteiger partial charge in [0.05, 0.1) is 6.04 Å². The molecule has 0 bridgehead atoms. The van der Waals surface area contributed by atoms with Gasteiger partial charge in [0.15, 0.2) is 5.17 Å². The lowest BCUT2D eigenvalue weighted by Crippen LogP contribution is -2.29. The summed E-state index contributed by atoms with van der Waals surface area (Å²) >= 11 is 1.67. The summed E-state index contributed by atoms with van der Waals surface area (Å²) in [4.78, 5) is 18.5. The molecule has 1 aliphatic heterocycles. The summed E-state index contributed by atoms with van der Waals surface area (Å²) in [5.74, 6) is 0.992. The third-order valence-corrected chi connectivity index (χ3v) is 4.85. The Labute approximate surface area is 141 Å². The van der Waals surface area contributed by atoms with Crippen LogP contribution in [0.5, 0.6) is 0 Å². The Balaban J connectivity index is 1.91. The van der Waals surface area contributed by atoms with Gasteiger partial charge in [-0.3, -0.25) is 14.7 Å². The van der Waals surface area contributed by atoms with Gasteiger partial charge < -0.3 is 0 Å². The van der Waals surface area contributed by atoms with Crippen LogP contribution in [0.2, 0.25) is 0 Å². The van der Waals surface area contributed by atoms with Gasteiger partial charge in [0, 0.05) is 19.2 Å². The topological polar surface area (TPSA) is 32.7 Å². The monoisotopic (exact) mass is 324 g/mol. The van der Waals surface area contributed by atoms with E-state index < -0.39 is 0 Å². The van der Waals surface area contributed by atoms with E-state index in [1.807, 2.05) is 24.3 Å². The molecule has 1 aliphatic rings. The highest BCUT2D eigenvalue weighted by molar-refractivity contribution is 8.14. The summed E-state index contributed by atoms with van der Waals surface area (Å²) < 4.78 is 0. The smallest absolute Gasteiger partial charge is 0.225 e. The molecule has 3 rings (SSSR count). The summed E-state index contributed by atoms with van der Waals surface area (Å²) in [5.41, 5.74) is 2.43. The van der Waals surface area contributed by atoms with Crippen molar-refractivity contribution >= 4 is 22.8 Å². The van der Waals surface area contributed by atoms with Crippen LogP contribution in [0.25, 0.3) is 0 Å². The van der Waals surface area contributed by atoms with Crippen LogP contribution >= 0.6 is 11.8 Å². The van der Waals surface area contributed by atoms with Gasteiger partial charge >= 0.3 is 0 Å². The summed E-state index contributed by atoms with van der Waals surface area (Å²) in [6.45, 7) is 2.36. The Morgan fingerprint density at radius 1 is 1.13 bits per heavy atom. The molecule has 0 radical (unpaired) electrons. The van der Waals surface area contributed by atoms with E-state index in [0.717, 1.165) is 23.9 Å². The van der Waals surface area contributed by atoms with Gasteiger partial charge in [0.2, 0.25) is 5.91 Å². The number of benzene rings is 2. The third-order valence-electron chi connectivity index (χ3n) is 3.88. The van der Waals surface area contributed by atoms with E-state index in [9.17, 15) is 4.79 Å². The van der Waals surface area contributed by atoms with Gasteiger partial charge in [-0.15, -0.1) is 0 Å². The zero-order valence-corrected chi connectivity index (χ0v) is 14.0. The lowest BCUT2D eigenvalue weighted by Gasteiger charge is -2.18. The Kier molecular flexibility index (Phi) is 5.13. The number of carbonyl (C=O) groups is 1. The number of amidine groups is 1. The van der Waals surface area contributed by atoms with Gasteiger partial charge in [0.1, 0.15) is 0 Å². The van der Waals surface area contributed by atoms with Gasteiger partial charge in [-0.25, -0.2) is 0 Å². The van der Waals surface area contributed by atoms with E-state index >= 15 is 0 Å². The molecular formula is C19H20N2OS. The Morgan fingerprint density at radius 3 is 2.43 bits per heavy atom.